The van der Waals surface area contributed by atoms with Crippen molar-refractivity contribution < 1.29 is 0 Å². The molecule has 1 saturated heterocycles. The molecule has 0 aromatic carbocycles. The Hall–Kier alpha value is -0.380. The molecule has 1 fully saturated rings. The van der Waals surface area contributed by atoms with E-state index < -0.39 is 0 Å². The number of aryl methyl sites for hydroxylation is 1. The molecule has 2 unspecified atom stereocenters. The van der Waals surface area contributed by atoms with Gasteiger partial charge in [0.15, 0.2) is 0 Å². The van der Waals surface area contributed by atoms with Crippen LogP contribution in [-0.4, -0.2) is 30.6 Å². The standard InChI is InChI=1S/C14H24N2S/c1-4-16(10-13-6-5-9-15-13)12(3)14-8-7-11(2)17-14/h7-8,12-13,15H,4-6,9-10H2,1-3H3. The molecular weight excluding hydrogens is 228 g/mol. The van der Waals surface area contributed by atoms with E-state index in [0.29, 0.717) is 12.1 Å². The van der Waals surface area contributed by atoms with Crippen LogP contribution in [0.15, 0.2) is 12.1 Å². The van der Waals surface area contributed by atoms with E-state index in [2.05, 4.69) is 43.1 Å². The fraction of sp³-hybridized carbons (Fsp3) is 0.714. The first kappa shape index (κ1) is 13.1. The Morgan fingerprint density at radius 2 is 2.35 bits per heavy atom. The number of nitrogens with one attached hydrogen (secondary N) is 1. The van der Waals surface area contributed by atoms with Gasteiger partial charge in [0.1, 0.15) is 0 Å². The Balaban J connectivity index is 1.96. The second-order valence-corrected chi connectivity index (χ2v) is 6.32. The van der Waals surface area contributed by atoms with Crippen molar-refractivity contribution in [3.05, 3.63) is 21.9 Å². The van der Waals surface area contributed by atoms with Crippen molar-refractivity contribution in [2.75, 3.05) is 19.6 Å². The Kier molecular flexibility index (Phi) is 4.60. The average molecular weight is 252 g/mol. The van der Waals surface area contributed by atoms with Gasteiger partial charge in [0.05, 0.1) is 0 Å². The number of likely N-dealkylation sites (N-methyl/N-ethyl adjacent to an activating group) is 1. The second-order valence-electron chi connectivity index (χ2n) is 5.01. The van der Waals surface area contributed by atoms with Crippen molar-refractivity contribution in [1.29, 1.82) is 0 Å². The van der Waals surface area contributed by atoms with Crippen LogP contribution in [0.3, 0.4) is 0 Å². The van der Waals surface area contributed by atoms with Crippen LogP contribution in [0.1, 0.15) is 42.5 Å². The molecular formula is C14H24N2S. The largest absolute Gasteiger partial charge is 0.313 e. The summed E-state index contributed by atoms with van der Waals surface area (Å²) in [4.78, 5) is 5.51. The molecule has 1 aliphatic heterocycles. The highest BCUT2D eigenvalue weighted by Crippen LogP contribution is 2.27. The Morgan fingerprint density at radius 3 is 2.88 bits per heavy atom. The van der Waals surface area contributed by atoms with Crippen LogP contribution < -0.4 is 5.32 Å². The van der Waals surface area contributed by atoms with Gasteiger partial charge in [0.25, 0.3) is 0 Å². The van der Waals surface area contributed by atoms with Gasteiger partial charge in [-0.1, -0.05) is 6.92 Å². The molecule has 0 radical (unpaired) electrons. The highest BCUT2D eigenvalue weighted by atomic mass is 32.1. The predicted molar refractivity (Wildman–Crippen MR) is 75.7 cm³/mol. The van der Waals surface area contributed by atoms with Crippen LogP contribution in [0.5, 0.6) is 0 Å². The van der Waals surface area contributed by atoms with Gasteiger partial charge in [0.2, 0.25) is 0 Å². The summed E-state index contributed by atoms with van der Waals surface area (Å²) >= 11 is 1.94. The van der Waals surface area contributed by atoms with Crippen LogP contribution in [-0.2, 0) is 0 Å². The van der Waals surface area contributed by atoms with Crippen molar-refractivity contribution in [2.24, 2.45) is 0 Å². The zero-order valence-corrected chi connectivity index (χ0v) is 12.0. The molecule has 17 heavy (non-hydrogen) atoms. The van der Waals surface area contributed by atoms with Gasteiger partial charge in [-0.3, -0.25) is 4.90 Å². The number of nitrogens with zero attached hydrogens (tertiary/aromatic N) is 1. The third kappa shape index (κ3) is 3.30. The van der Waals surface area contributed by atoms with E-state index in [1.807, 2.05) is 11.3 Å². The van der Waals surface area contributed by atoms with Gasteiger partial charge in [-0.2, -0.15) is 0 Å². The molecule has 0 spiro atoms. The van der Waals surface area contributed by atoms with E-state index in [1.165, 1.54) is 35.7 Å². The number of hydrogen-bond acceptors (Lipinski definition) is 3. The summed E-state index contributed by atoms with van der Waals surface area (Å²) in [6, 6.07) is 5.78. The lowest BCUT2D eigenvalue weighted by molar-refractivity contribution is 0.205. The van der Waals surface area contributed by atoms with Gasteiger partial charge in [-0.15, -0.1) is 11.3 Å². The van der Waals surface area contributed by atoms with Crippen LogP contribution in [0.25, 0.3) is 0 Å². The first-order chi connectivity index (χ1) is 8.20. The minimum atomic E-state index is 0.557. The van der Waals surface area contributed by atoms with Crippen LogP contribution in [0.2, 0.25) is 0 Å². The number of rotatable bonds is 5. The third-order valence-electron chi connectivity index (χ3n) is 3.74. The Bertz CT molecular complexity index is 342. The summed E-state index contributed by atoms with van der Waals surface area (Å²) in [6.07, 6.45) is 2.68. The fourth-order valence-corrected chi connectivity index (χ4v) is 3.58. The fourth-order valence-electron chi connectivity index (χ4n) is 2.61. The molecule has 0 amide bonds. The zero-order valence-electron chi connectivity index (χ0n) is 11.2. The van der Waals surface area contributed by atoms with E-state index in [-0.39, 0.29) is 0 Å². The molecule has 1 aliphatic rings. The van der Waals surface area contributed by atoms with Crippen molar-refractivity contribution in [3.63, 3.8) is 0 Å². The molecule has 2 heterocycles. The first-order valence-electron chi connectivity index (χ1n) is 6.74. The molecule has 2 nitrogen and oxygen atoms in total. The summed E-state index contributed by atoms with van der Waals surface area (Å²) in [5.74, 6) is 0. The van der Waals surface area contributed by atoms with Gasteiger partial charge >= 0.3 is 0 Å². The summed E-state index contributed by atoms with van der Waals surface area (Å²) in [7, 11) is 0. The molecule has 96 valence electrons. The molecule has 0 aliphatic carbocycles. The molecule has 3 heteroatoms. The summed E-state index contributed by atoms with van der Waals surface area (Å²) < 4.78 is 0. The lowest BCUT2D eigenvalue weighted by atomic mass is 10.1. The second kappa shape index (κ2) is 5.98. The predicted octanol–water partition coefficient (Wildman–Crippen LogP) is 3.19. The Morgan fingerprint density at radius 1 is 1.53 bits per heavy atom. The summed E-state index contributed by atoms with van der Waals surface area (Å²) in [6.45, 7) is 10.3. The molecule has 0 saturated carbocycles. The van der Waals surface area contributed by atoms with Crippen molar-refractivity contribution >= 4 is 11.3 Å². The lowest BCUT2D eigenvalue weighted by Crippen LogP contribution is -2.38. The molecule has 2 atom stereocenters. The van der Waals surface area contributed by atoms with E-state index in [9.17, 15) is 0 Å². The minimum absolute atomic E-state index is 0.557. The summed E-state index contributed by atoms with van der Waals surface area (Å²) in [5, 5.41) is 3.59. The highest BCUT2D eigenvalue weighted by Gasteiger charge is 2.21. The Labute approximate surface area is 109 Å². The molecule has 1 aromatic rings. The van der Waals surface area contributed by atoms with Gasteiger partial charge in [0, 0.05) is 28.4 Å². The normalized spacial score (nSPS) is 22.2. The number of hydrogen-bond donors (Lipinski definition) is 1. The van der Waals surface area contributed by atoms with Gasteiger partial charge < -0.3 is 5.32 Å². The smallest absolute Gasteiger partial charge is 0.0413 e. The van der Waals surface area contributed by atoms with Crippen molar-refractivity contribution in [2.45, 2.75) is 45.7 Å². The zero-order chi connectivity index (χ0) is 12.3. The topological polar surface area (TPSA) is 15.3 Å². The van der Waals surface area contributed by atoms with E-state index in [0.717, 1.165) is 6.54 Å². The highest BCUT2D eigenvalue weighted by molar-refractivity contribution is 7.12. The quantitative estimate of drug-likeness (QED) is 0.866. The van der Waals surface area contributed by atoms with Crippen LogP contribution >= 0.6 is 11.3 Å². The maximum Gasteiger partial charge on any atom is 0.0413 e. The molecule has 1 aromatic heterocycles. The van der Waals surface area contributed by atoms with Crippen LogP contribution in [0.4, 0.5) is 0 Å². The van der Waals surface area contributed by atoms with Gasteiger partial charge in [-0.05, 0) is 51.9 Å². The SMILES string of the molecule is CCN(CC1CCCN1)C(C)c1ccc(C)s1. The molecule has 0 bridgehead atoms. The summed E-state index contributed by atoms with van der Waals surface area (Å²) in [5.41, 5.74) is 0. The van der Waals surface area contributed by atoms with Crippen molar-refractivity contribution in [1.82, 2.24) is 10.2 Å². The lowest BCUT2D eigenvalue weighted by Gasteiger charge is -2.29. The van der Waals surface area contributed by atoms with E-state index in [4.69, 9.17) is 0 Å². The van der Waals surface area contributed by atoms with Crippen molar-refractivity contribution in [3.8, 4) is 0 Å². The molecule has 1 N–H and O–H groups in total. The average Bonchev–Trinajstić information content (AvgIpc) is 2.96. The molecule has 2 rings (SSSR count). The van der Waals surface area contributed by atoms with E-state index >= 15 is 0 Å². The monoisotopic (exact) mass is 252 g/mol. The minimum Gasteiger partial charge on any atom is -0.313 e. The maximum absolute atomic E-state index is 3.59. The number of thiophene rings is 1. The first-order valence-corrected chi connectivity index (χ1v) is 7.56. The third-order valence-corrected chi connectivity index (χ3v) is 4.92. The maximum atomic E-state index is 3.59. The van der Waals surface area contributed by atoms with E-state index in [1.54, 1.807) is 0 Å². The van der Waals surface area contributed by atoms with Gasteiger partial charge in [-0.25, -0.2) is 0 Å². The van der Waals surface area contributed by atoms with Crippen LogP contribution in [0, 0.1) is 6.92 Å².